The summed E-state index contributed by atoms with van der Waals surface area (Å²) in [5.74, 6) is 0.347. The number of hydrogen-bond acceptors (Lipinski definition) is 3. The number of nitrogens with one attached hydrogen (secondary N) is 1. The van der Waals surface area contributed by atoms with E-state index in [0.717, 1.165) is 37.1 Å². The van der Waals surface area contributed by atoms with E-state index in [9.17, 15) is 14.4 Å². The Bertz CT molecular complexity index is 793. The molecule has 0 saturated carbocycles. The molecule has 6 heteroatoms. The molecule has 4 rings (SSSR count). The van der Waals surface area contributed by atoms with Crippen LogP contribution in [0.4, 0.5) is 5.69 Å². The second-order valence-corrected chi connectivity index (χ2v) is 8.20. The molecule has 3 amide bonds. The van der Waals surface area contributed by atoms with Gasteiger partial charge in [-0.15, -0.1) is 0 Å². The minimum absolute atomic E-state index is 0.0325. The molecule has 1 N–H and O–H groups in total. The number of anilines is 1. The second-order valence-electron chi connectivity index (χ2n) is 8.20. The van der Waals surface area contributed by atoms with E-state index in [1.165, 1.54) is 0 Å². The van der Waals surface area contributed by atoms with Gasteiger partial charge in [-0.25, -0.2) is 0 Å². The van der Waals surface area contributed by atoms with Gasteiger partial charge in [0.25, 0.3) is 0 Å². The molecule has 2 fully saturated rings. The predicted molar refractivity (Wildman–Crippen MR) is 107 cm³/mol. The summed E-state index contributed by atoms with van der Waals surface area (Å²) in [6.07, 6.45) is 5.10. The smallest absolute Gasteiger partial charge is 0.237 e. The van der Waals surface area contributed by atoms with Crippen LogP contribution in [0.2, 0.25) is 0 Å². The molecule has 28 heavy (non-hydrogen) atoms. The van der Waals surface area contributed by atoms with Crippen LogP contribution in [0.1, 0.15) is 57.4 Å². The van der Waals surface area contributed by atoms with Crippen molar-refractivity contribution in [2.45, 2.75) is 63.3 Å². The number of para-hydroxylation sites is 1. The number of fused-ring (bicyclic) bond motifs is 2. The summed E-state index contributed by atoms with van der Waals surface area (Å²) in [7, 11) is 0. The Hall–Kier alpha value is -2.37. The molecule has 3 heterocycles. The lowest BCUT2D eigenvalue weighted by Gasteiger charge is -2.34. The van der Waals surface area contributed by atoms with Gasteiger partial charge in [0.05, 0.1) is 11.5 Å². The fraction of sp³-hybridized carbons (Fsp3) is 0.591. The zero-order valence-corrected chi connectivity index (χ0v) is 16.6. The average Bonchev–Trinajstić information content (AvgIpc) is 3.34. The number of amides is 3. The number of carbonyl (C=O) groups excluding carboxylic acids is 3. The molecule has 1 aromatic carbocycles. The quantitative estimate of drug-likeness (QED) is 0.821. The first-order valence-corrected chi connectivity index (χ1v) is 10.6. The molecule has 0 aromatic heterocycles. The van der Waals surface area contributed by atoms with Crippen LogP contribution in [0.25, 0.3) is 0 Å². The Labute approximate surface area is 166 Å². The van der Waals surface area contributed by atoms with E-state index in [1.807, 2.05) is 34.1 Å². The molecule has 0 bridgehead atoms. The van der Waals surface area contributed by atoms with E-state index in [1.54, 1.807) is 0 Å². The summed E-state index contributed by atoms with van der Waals surface area (Å²) >= 11 is 0. The molecule has 3 aliphatic rings. The van der Waals surface area contributed by atoms with Crippen LogP contribution in [0, 0.1) is 0 Å². The van der Waals surface area contributed by atoms with Gasteiger partial charge in [-0.2, -0.15) is 0 Å². The minimum atomic E-state index is -0.618. The van der Waals surface area contributed by atoms with Crippen molar-refractivity contribution in [1.29, 1.82) is 0 Å². The summed E-state index contributed by atoms with van der Waals surface area (Å²) in [6.45, 7) is 4.20. The highest BCUT2D eigenvalue weighted by atomic mass is 16.2. The van der Waals surface area contributed by atoms with Gasteiger partial charge < -0.3 is 15.1 Å². The number of likely N-dealkylation sites (tertiary alicyclic amines) is 2. The molecule has 6 nitrogen and oxygen atoms in total. The number of carbonyl (C=O) groups is 3. The Morgan fingerprint density at radius 2 is 2.07 bits per heavy atom. The van der Waals surface area contributed by atoms with Gasteiger partial charge in [0.1, 0.15) is 0 Å². The third kappa shape index (κ3) is 2.99. The van der Waals surface area contributed by atoms with Gasteiger partial charge in [-0.05, 0) is 37.3 Å². The van der Waals surface area contributed by atoms with Gasteiger partial charge in [-0.1, -0.05) is 31.5 Å². The number of rotatable bonds is 6. The summed E-state index contributed by atoms with van der Waals surface area (Å²) in [6, 6.07) is 7.79. The normalized spacial score (nSPS) is 26.2. The molecule has 2 atom stereocenters. The zero-order valence-electron chi connectivity index (χ0n) is 16.6. The lowest BCUT2D eigenvalue weighted by atomic mass is 9.73. The Balaban J connectivity index is 1.48. The van der Waals surface area contributed by atoms with E-state index >= 15 is 0 Å². The topological polar surface area (TPSA) is 69.7 Å². The van der Waals surface area contributed by atoms with Gasteiger partial charge in [-0.3, -0.25) is 14.4 Å². The number of benzene rings is 1. The van der Waals surface area contributed by atoms with Crippen LogP contribution in [0.15, 0.2) is 24.3 Å². The summed E-state index contributed by atoms with van der Waals surface area (Å²) in [5, 5.41) is 3.04. The highest BCUT2D eigenvalue weighted by molar-refractivity contribution is 6.07. The molecular weight excluding hydrogens is 354 g/mol. The third-order valence-corrected chi connectivity index (χ3v) is 6.63. The fourth-order valence-electron chi connectivity index (χ4n) is 5.28. The number of nitrogens with zero attached hydrogens (tertiary/aromatic N) is 2. The summed E-state index contributed by atoms with van der Waals surface area (Å²) in [4.78, 5) is 41.6. The molecule has 1 spiro atoms. The fourth-order valence-corrected chi connectivity index (χ4v) is 5.28. The van der Waals surface area contributed by atoms with Crippen LogP contribution in [-0.4, -0.2) is 53.2 Å². The van der Waals surface area contributed by atoms with Crippen LogP contribution < -0.4 is 5.32 Å². The first-order chi connectivity index (χ1) is 13.6. The first-order valence-electron chi connectivity index (χ1n) is 10.6. The largest absolute Gasteiger partial charge is 0.343 e. The standard InChI is InChI=1S/C22H29N3O3/c1-2-7-18-22(16-8-3-4-9-17(16)23-21(22)28)12-15-25(18)20(27)11-6-14-24-13-5-10-19(24)26/h3-4,8-9,18H,2,5-7,10-15H2,1H3,(H,23,28)/t18-,22+/m0/s1. The van der Waals surface area contributed by atoms with Crippen LogP contribution in [0.5, 0.6) is 0 Å². The van der Waals surface area contributed by atoms with Crippen molar-refractivity contribution >= 4 is 23.4 Å². The average molecular weight is 383 g/mol. The molecule has 150 valence electrons. The van der Waals surface area contributed by atoms with E-state index < -0.39 is 5.41 Å². The number of hydrogen-bond donors (Lipinski definition) is 1. The van der Waals surface area contributed by atoms with Crippen molar-refractivity contribution < 1.29 is 14.4 Å². The maximum Gasteiger partial charge on any atom is 0.237 e. The third-order valence-electron chi connectivity index (χ3n) is 6.63. The van der Waals surface area contributed by atoms with Crippen molar-refractivity contribution in [1.82, 2.24) is 9.80 Å². The molecule has 2 saturated heterocycles. The summed E-state index contributed by atoms with van der Waals surface area (Å²) < 4.78 is 0. The van der Waals surface area contributed by atoms with E-state index in [2.05, 4.69) is 12.2 Å². The molecule has 3 aliphatic heterocycles. The Morgan fingerprint density at radius 3 is 2.82 bits per heavy atom. The maximum atomic E-state index is 13.0. The summed E-state index contributed by atoms with van der Waals surface area (Å²) in [5.41, 5.74) is 1.31. The molecule has 0 aliphatic carbocycles. The maximum absolute atomic E-state index is 13.0. The highest BCUT2D eigenvalue weighted by Crippen LogP contribution is 2.49. The predicted octanol–water partition coefficient (Wildman–Crippen LogP) is 2.68. The molecule has 0 unspecified atom stereocenters. The van der Waals surface area contributed by atoms with E-state index in [4.69, 9.17) is 0 Å². The van der Waals surface area contributed by atoms with Crippen molar-refractivity contribution in [2.24, 2.45) is 0 Å². The Kier molecular flexibility index (Phi) is 5.13. The van der Waals surface area contributed by atoms with Crippen molar-refractivity contribution in [3.63, 3.8) is 0 Å². The lowest BCUT2D eigenvalue weighted by Crippen LogP contribution is -2.48. The molecular formula is C22H29N3O3. The van der Waals surface area contributed by atoms with Gasteiger partial charge >= 0.3 is 0 Å². The van der Waals surface area contributed by atoms with Gasteiger partial charge in [0, 0.05) is 38.2 Å². The SMILES string of the molecule is CCC[C@@H]1N(C(=O)CCCN2CCCC2=O)CC[C@]12C(=O)Nc1ccccc12. The molecule has 1 aromatic rings. The molecule has 0 radical (unpaired) electrons. The van der Waals surface area contributed by atoms with E-state index in [0.29, 0.717) is 38.8 Å². The van der Waals surface area contributed by atoms with Crippen molar-refractivity contribution in [2.75, 3.05) is 25.0 Å². The highest BCUT2D eigenvalue weighted by Gasteiger charge is 2.58. The van der Waals surface area contributed by atoms with Gasteiger partial charge in [0.2, 0.25) is 17.7 Å². The zero-order chi connectivity index (χ0) is 19.7. The monoisotopic (exact) mass is 383 g/mol. The first kappa shape index (κ1) is 19.0. The van der Waals surface area contributed by atoms with Crippen LogP contribution >= 0.6 is 0 Å². The van der Waals surface area contributed by atoms with Gasteiger partial charge in [0.15, 0.2) is 0 Å². The Morgan fingerprint density at radius 1 is 1.25 bits per heavy atom. The van der Waals surface area contributed by atoms with Crippen LogP contribution in [0.3, 0.4) is 0 Å². The second kappa shape index (κ2) is 7.57. The van der Waals surface area contributed by atoms with Crippen LogP contribution in [-0.2, 0) is 19.8 Å². The lowest BCUT2D eigenvalue weighted by molar-refractivity contribution is -0.134. The van der Waals surface area contributed by atoms with E-state index in [-0.39, 0.29) is 23.8 Å². The minimum Gasteiger partial charge on any atom is -0.343 e. The van der Waals surface area contributed by atoms with Crippen molar-refractivity contribution in [3.8, 4) is 0 Å². The van der Waals surface area contributed by atoms with Crippen molar-refractivity contribution in [3.05, 3.63) is 29.8 Å².